The molecule has 4 nitrogen and oxygen atoms in total. The number of hydrogen-bond acceptors (Lipinski definition) is 3. The van der Waals surface area contributed by atoms with Crippen LogP contribution in [0.2, 0.25) is 0 Å². The molecular formula is C14H32ClN3O. The van der Waals surface area contributed by atoms with Crippen molar-refractivity contribution in [3.63, 3.8) is 0 Å². The molecule has 19 heavy (non-hydrogen) atoms. The summed E-state index contributed by atoms with van der Waals surface area (Å²) in [4.78, 5) is 14.2. The lowest BCUT2D eigenvalue weighted by molar-refractivity contribution is -0.124. The lowest BCUT2D eigenvalue weighted by Crippen LogP contribution is -2.53. The van der Waals surface area contributed by atoms with Crippen LogP contribution in [0, 0.1) is 11.3 Å². The molecule has 0 fully saturated rings. The van der Waals surface area contributed by atoms with E-state index in [1.54, 1.807) is 0 Å². The summed E-state index contributed by atoms with van der Waals surface area (Å²) in [5.74, 6) is 0.179. The zero-order valence-electron chi connectivity index (χ0n) is 13.5. The van der Waals surface area contributed by atoms with Crippen LogP contribution < -0.4 is 11.1 Å². The van der Waals surface area contributed by atoms with Crippen LogP contribution in [0.15, 0.2) is 0 Å². The third kappa shape index (κ3) is 7.14. The van der Waals surface area contributed by atoms with E-state index in [0.29, 0.717) is 0 Å². The number of carbonyl (C=O) groups is 1. The largest absolute Gasteiger partial charge is 0.352 e. The number of rotatable bonds is 7. The van der Waals surface area contributed by atoms with Crippen molar-refractivity contribution in [2.24, 2.45) is 17.1 Å². The first-order valence-electron chi connectivity index (χ1n) is 6.82. The van der Waals surface area contributed by atoms with Gasteiger partial charge in [-0.1, -0.05) is 34.1 Å². The topological polar surface area (TPSA) is 58.4 Å². The van der Waals surface area contributed by atoms with E-state index in [4.69, 9.17) is 5.73 Å². The highest BCUT2D eigenvalue weighted by atomic mass is 35.5. The van der Waals surface area contributed by atoms with Gasteiger partial charge in [0.15, 0.2) is 0 Å². The number of hydrogen-bond donors (Lipinski definition) is 2. The highest BCUT2D eigenvalue weighted by molar-refractivity contribution is 5.85. The lowest BCUT2D eigenvalue weighted by atomic mass is 9.84. The molecule has 0 saturated carbocycles. The van der Waals surface area contributed by atoms with Crippen molar-refractivity contribution in [2.75, 3.05) is 20.6 Å². The Labute approximate surface area is 124 Å². The van der Waals surface area contributed by atoms with E-state index in [9.17, 15) is 4.79 Å². The standard InChI is InChI=1S/C14H31N3O.ClH/c1-8-10(2)12(15)13(18)16-11(3)14(4,5)9-17(6)7;/h10-12H,8-9,15H2,1-7H3,(H,16,18);1H. The van der Waals surface area contributed by atoms with Crippen LogP contribution in [-0.2, 0) is 4.79 Å². The summed E-state index contributed by atoms with van der Waals surface area (Å²) < 4.78 is 0. The minimum absolute atomic E-state index is 0. The van der Waals surface area contributed by atoms with Gasteiger partial charge in [-0.25, -0.2) is 0 Å². The van der Waals surface area contributed by atoms with Crippen LogP contribution in [0.5, 0.6) is 0 Å². The van der Waals surface area contributed by atoms with Crippen molar-refractivity contribution >= 4 is 18.3 Å². The Hall–Kier alpha value is -0.320. The first-order valence-corrected chi connectivity index (χ1v) is 6.82. The van der Waals surface area contributed by atoms with Crippen molar-refractivity contribution in [3.8, 4) is 0 Å². The number of nitrogens with two attached hydrogens (primary N) is 1. The van der Waals surface area contributed by atoms with E-state index in [1.807, 2.05) is 27.9 Å². The number of nitrogens with zero attached hydrogens (tertiary/aromatic N) is 1. The summed E-state index contributed by atoms with van der Waals surface area (Å²) in [5, 5.41) is 3.05. The number of carbonyl (C=O) groups excluding carboxylic acids is 1. The van der Waals surface area contributed by atoms with Crippen LogP contribution in [-0.4, -0.2) is 43.5 Å². The second-order valence-corrected chi connectivity index (χ2v) is 6.37. The molecule has 0 aliphatic rings. The second-order valence-electron chi connectivity index (χ2n) is 6.37. The molecule has 0 heterocycles. The summed E-state index contributed by atoms with van der Waals surface area (Å²) in [5.41, 5.74) is 5.96. The number of amides is 1. The highest BCUT2D eigenvalue weighted by Crippen LogP contribution is 2.21. The minimum atomic E-state index is -0.410. The summed E-state index contributed by atoms with van der Waals surface area (Å²) in [6, 6.07) is -0.310. The summed E-state index contributed by atoms with van der Waals surface area (Å²) in [6.07, 6.45) is 0.921. The highest BCUT2D eigenvalue weighted by Gasteiger charge is 2.30. The van der Waals surface area contributed by atoms with Crippen LogP contribution in [0.3, 0.4) is 0 Å². The molecule has 3 atom stereocenters. The van der Waals surface area contributed by atoms with E-state index >= 15 is 0 Å². The van der Waals surface area contributed by atoms with E-state index < -0.39 is 6.04 Å². The van der Waals surface area contributed by atoms with Gasteiger partial charge in [0, 0.05) is 12.6 Å². The van der Waals surface area contributed by atoms with Crippen LogP contribution in [0.25, 0.3) is 0 Å². The molecule has 0 bridgehead atoms. The van der Waals surface area contributed by atoms with E-state index in [1.165, 1.54) is 0 Å². The van der Waals surface area contributed by atoms with Crippen molar-refractivity contribution < 1.29 is 4.79 Å². The Morgan fingerprint density at radius 1 is 1.32 bits per heavy atom. The number of nitrogens with one attached hydrogen (secondary N) is 1. The van der Waals surface area contributed by atoms with E-state index in [2.05, 4.69) is 31.0 Å². The number of halogens is 1. The molecule has 0 rings (SSSR count). The van der Waals surface area contributed by atoms with Crippen molar-refractivity contribution in [1.29, 1.82) is 0 Å². The molecule has 5 heteroatoms. The molecule has 3 unspecified atom stereocenters. The summed E-state index contributed by atoms with van der Waals surface area (Å²) in [7, 11) is 4.09. The van der Waals surface area contributed by atoms with Gasteiger partial charge < -0.3 is 16.0 Å². The zero-order valence-corrected chi connectivity index (χ0v) is 14.3. The van der Waals surface area contributed by atoms with E-state index in [0.717, 1.165) is 13.0 Å². The molecule has 1 amide bonds. The average molecular weight is 294 g/mol. The predicted octanol–water partition coefficient (Wildman–Crippen LogP) is 1.87. The quantitative estimate of drug-likeness (QED) is 0.753. The van der Waals surface area contributed by atoms with Crippen molar-refractivity contribution in [1.82, 2.24) is 10.2 Å². The lowest BCUT2D eigenvalue weighted by Gasteiger charge is -2.35. The van der Waals surface area contributed by atoms with Gasteiger partial charge in [-0.05, 0) is 32.4 Å². The SMILES string of the molecule is CCC(C)C(N)C(=O)NC(C)C(C)(C)CN(C)C.Cl. The van der Waals surface area contributed by atoms with Gasteiger partial charge >= 0.3 is 0 Å². The Kier molecular flexibility index (Phi) is 9.69. The van der Waals surface area contributed by atoms with Gasteiger partial charge in [0.05, 0.1) is 6.04 Å². The molecule has 3 N–H and O–H groups in total. The maximum absolute atomic E-state index is 12.0. The van der Waals surface area contributed by atoms with E-state index in [-0.39, 0.29) is 35.7 Å². The van der Waals surface area contributed by atoms with Crippen molar-refractivity contribution in [3.05, 3.63) is 0 Å². The molecule has 0 aromatic carbocycles. The van der Waals surface area contributed by atoms with Gasteiger partial charge in [-0.3, -0.25) is 4.79 Å². The van der Waals surface area contributed by atoms with Crippen LogP contribution >= 0.6 is 12.4 Å². The average Bonchev–Trinajstić information content (AvgIpc) is 2.24. The molecular weight excluding hydrogens is 262 g/mol. The fourth-order valence-corrected chi connectivity index (χ4v) is 1.97. The molecule has 0 aliphatic heterocycles. The summed E-state index contributed by atoms with van der Waals surface area (Å²) >= 11 is 0. The summed E-state index contributed by atoms with van der Waals surface area (Å²) in [6.45, 7) is 11.4. The Balaban J connectivity index is 0. The van der Waals surface area contributed by atoms with Gasteiger partial charge in [0.2, 0.25) is 5.91 Å². The van der Waals surface area contributed by atoms with Crippen molar-refractivity contribution in [2.45, 2.75) is 53.1 Å². The zero-order chi connectivity index (χ0) is 14.5. The Morgan fingerprint density at radius 2 is 1.79 bits per heavy atom. The Morgan fingerprint density at radius 3 is 2.16 bits per heavy atom. The van der Waals surface area contributed by atoms with Gasteiger partial charge in [-0.2, -0.15) is 0 Å². The molecule has 0 spiro atoms. The predicted molar refractivity (Wildman–Crippen MR) is 84.6 cm³/mol. The second kappa shape index (κ2) is 8.77. The molecule has 0 aromatic rings. The Bertz CT molecular complexity index is 269. The third-order valence-electron chi connectivity index (χ3n) is 3.81. The molecule has 0 saturated heterocycles. The third-order valence-corrected chi connectivity index (χ3v) is 3.81. The first-order chi connectivity index (χ1) is 8.11. The fraction of sp³-hybridized carbons (Fsp3) is 0.929. The fourth-order valence-electron chi connectivity index (χ4n) is 1.97. The maximum Gasteiger partial charge on any atom is 0.237 e. The smallest absolute Gasteiger partial charge is 0.237 e. The monoisotopic (exact) mass is 293 g/mol. The normalized spacial score (nSPS) is 16.5. The van der Waals surface area contributed by atoms with Gasteiger partial charge in [-0.15, -0.1) is 12.4 Å². The molecule has 116 valence electrons. The minimum Gasteiger partial charge on any atom is -0.352 e. The first kappa shape index (κ1) is 21.0. The molecule has 0 aromatic heterocycles. The maximum atomic E-state index is 12.0. The van der Waals surface area contributed by atoms with Crippen LogP contribution in [0.1, 0.15) is 41.0 Å². The molecule has 0 radical (unpaired) electrons. The molecule has 0 aliphatic carbocycles. The van der Waals surface area contributed by atoms with Gasteiger partial charge in [0.1, 0.15) is 0 Å². The van der Waals surface area contributed by atoms with Gasteiger partial charge in [0.25, 0.3) is 0 Å². The van der Waals surface area contributed by atoms with Crippen LogP contribution in [0.4, 0.5) is 0 Å².